The summed E-state index contributed by atoms with van der Waals surface area (Å²) in [5, 5.41) is 4.23. The normalized spacial score (nSPS) is 28.8. The molecule has 114 valence electrons. The van der Waals surface area contributed by atoms with Crippen molar-refractivity contribution in [1.82, 2.24) is 14.7 Å². The van der Waals surface area contributed by atoms with E-state index in [-0.39, 0.29) is 11.6 Å². The maximum absolute atomic E-state index is 6.62. The first kappa shape index (κ1) is 15.5. The van der Waals surface area contributed by atoms with Crippen molar-refractivity contribution >= 4 is 0 Å². The minimum absolute atomic E-state index is 0.189. The summed E-state index contributed by atoms with van der Waals surface area (Å²) < 4.78 is 1.87. The first-order valence-corrected chi connectivity index (χ1v) is 7.84. The van der Waals surface area contributed by atoms with Gasteiger partial charge in [0.2, 0.25) is 0 Å². The molecule has 1 aliphatic carbocycles. The molecule has 1 unspecified atom stereocenters. The van der Waals surface area contributed by atoms with Gasteiger partial charge >= 0.3 is 0 Å². The lowest BCUT2D eigenvalue weighted by Gasteiger charge is -2.48. The molecular weight excluding hydrogens is 248 g/mol. The van der Waals surface area contributed by atoms with Crippen LogP contribution in [0.1, 0.15) is 44.6 Å². The summed E-state index contributed by atoms with van der Waals surface area (Å²) in [5.74, 6) is 0.855. The molecule has 20 heavy (non-hydrogen) atoms. The van der Waals surface area contributed by atoms with Crippen molar-refractivity contribution in [3.63, 3.8) is 0 Å². The minimum atomic E-state index is 0.189. The van der Waals surface area contributed by atoms with Crippen LogP contribution in [0, 0.1) is 5.92 Å². The van der Waals surface area contributed by atoms with Crippen LogP contribution >= 0.6 is 0 Å². The van der Waals surface area contributed by atoms with Crippen LogP contribution in [0.25, 0.3) is 0 Å². The maximum Gasteiger partial charge on any atom is 0.0521 e. The van der Waals surface area contributed by atoms with Crippen LogP contribution in [0.5, 0.6) is 0 Å². The maximum atomic E-state index is 6.62. The Morgan fingerprint density at radius 2 is 2.10 bits per heavy atom. The molecule has 0 amide bonds. The fourth-order valence-corrected chi connectivity index (χ4v) is 3.60. The highest BCUT2D eigenvalue weighted by molar-refractivity contribution is 5.07. The van der Waals surface area contributed by atoms with E-state index in [9.17, 15) is 0 Å². The molecule has 1 aliphatic rings. The number of hydrogen-bond donors (Lipinski definition) is 1. The van der Waals surface area contributed by atoms with Crippen LogP contribution in [0.15, 0.2) is 12.4 Å². The summed E-state index contributed by atoms with van der Waals surface area (Å²) in [6.45, 7) is 2.36. The average Bonchev–Trinajstić information content (AvgIpc) is 2.82. The lowest BCUT2D eigenvalue weighted by molar-refractivity contribution is 0.0541. The zero-order chi connectivity index (χ0) is 14.8. The average molecular weight is 278 g/mol. The van der Waals surface area contributed by atoms with Crippen LogP contribution in [-0.2, 0) is 13.5 Å². The number of rotatable bonds is 5. The molecule has 0 bridgehead atoms. The lowest BCUT2D eigenvalue weighted by atomic mass is 9.71. The highest BCUT2D eigenvalue weighted by atomic mass is 15.2. The molecule has 4 heteroatoms. The number of nitrogens with two attached hydrogens (primary N) is 1. The van der Waals surface area contributed by atoms with Gasteiger partial charge in [0.15, 0.2) is 0 Å². The zero-order valence-electron chi connectivity index (χ0n) is 13.5. The van der Waals surface area contributed by atoms with Crippen LogP contribution in [-0.4, -0.2) is 40.4 Å². The van der Waals surface area contributed by atoms with E-state index in [1.165, 1.54) is 31.2 Å². The van der Waals surface area contributed by atoms with Crippen molar-refractivity contribution in [1.29, 1.82) is 0 Å². The van der Waals surface area contributed by atoms with Gasteiger partial charge in [-0.3, -0.25) is 4.68 Å². The Morgan fingerprint density at radius 3 is 2.60 bits per heavy atom. The summed E-state index contributed by atoms with van der Waals surface area (Å²) in [7, 11) is 6.35. The van der Waals surface area contributed by atoms with Gasteiger partial charge in [0.1, 0.15) is 0 Å². The monoisotopic (exact) mass is 278 g/mol. The van der Waals surface area contributed by atoms with Crippen molar-refractivity contribution in [2.75, 3.05) is 14.1 Å². The van der Waals surface area contributed by atoms with E-state index in [1.807, 2.05) is 17.9 Å². The molecule has 4 nitrogen and oxygen atoms in total. The first-order valence-electron chi connectivity index (χ1n) is 7.84. The van der Waals surface area contributed by atoms with Crippen molar-refractivity contribution in [3.05, 3.63) is 18.0 Å². The van der Waals surface area contributed by atoms with E-state index in [4.69, 9.17) is 5.73 Å². The van der Waals surface area contributed by atoms with E-state index in [1.54, 1.807) is 0 Å². The molecule has 1 aromatic heterocycles. The highest BCUT2D eigenvalue weighted by Gasteiger charge is 2.40. The van der Waals surface area contributed by atoms with Crippen LogP contribution in [0.2, 0.25) is 0 Å². The van der Waals surface area contributed by atoms with Gasteiger partial charge in [0.05, 0.1) is 6.20 Å². The second-order valence-electron chi connectivity index (χ2n) is 6.85. The zero-order valence-corrected chi connectivity index (χ0v) is 13.5. The van der Waals surface area contributed by atoms with Crippen LogP contribution in [0.3, 0.4) is 0 Å². The second kappa shape index (κ2) is 6.27. The molecule has 1 fully saturated rings. The summed E-state index contributed by atoms with van der Waals surface area (Å²) in [4.78, 5) is 2.38. The third-order valence-electron chi connectivity index (χ3n) is 5.22. The standard InChI is InChI=1S/C16H30N4/c1-13-7-9-16(10-8-13,19(2)3)15(17)6-5-14-11-18-20(4)12-14/h11-13,15H,5-10,17H2,1-4H3. The Morgan fingerprint density at radius 1 is 1.45 bits per heavy atom. The molecule has 0 aromatic carbocycles. The predicted molar refractivity (Wildman–Crippen MR) is 83.6 cm³/mol. The molecule has 0 aliphatic heterocycles. The second-order valence-corrected chi connectivity index (χ2v) is 6.85. The van der Waals surface area contributed by atoms with Crippen LogP contribution < -0.4 is 5.73 Å². The number of aromatic nitrogens is 2. The van der Waals surface area contributed by atoms with Gasteiger partial charge < -0.3 is 10.6 Å². The van der Waals surface area contributed by atoms with Crippen LogP contribution in [0.4, 0.5) is 0 Å². The predicted octanol–water partition coefficient (Wildman–Crippen LogP) is 2.19. The summed E-state index contributed by atoms with van der Waals surface area (Å²) in [6.07, 6.45) is 11.2. The molecule has 2 N–H and O–H groups in total. The fraction of sp³-hybridized carbons (Fsp3) is 0.812. The van der Waals surface area contributed by atoms with E-state index < -0.39 is 0 Å². The van der Waals surface area contributed by atoms with E-state index in [2.05, 4.69) is 37.2 Å². The van der Waals surface area contributed by atoms with Crippen molar-refractivity contribution < 1.29 is 0 Å². The Hall–Kier alpha value is -0.870. The topological polar surface area (TPSA) is 47.1 Å². The number of likely N-dealkylation sites (N-methyl/N-ethyl adjacent to an activating group) is 1. The summed E-state index contributed by atoms with van der Waals surface area (Å²) >= 11 is 0. The first-order chi connectivity index (χ1) is 9.44. The van der Waals surface area contributed by atoms with Gasteiger partial charge in [-0.05, 0) is 64.1 Å². The molecule has 2 rings (SSSR count). The van der Waals surface area contributed by atoms with Gasteiger partial charge in [-0.25, -0.2) is 0 Å². The molecular formula is C16H30N4. The molecule has 0 spiro atoms. The molecule has 0 radical (unpaired) electrons. The van der Waals surface area contributed by atoms with Gasteiger partial charge in [-0.1, -0.05) is 6.92 Å². The molecule has 1 heterocycles. The largest absolute Gasteiger partial charge is 0.326 e. The van der Waals surface area contributed by atoms with Crippen molar-refractivity contribution in [2.24, 2.45) is 18.7 Å². The number of hydrogen-bond acceptors (Lipinski definition) is 3. The van der Waals surface area contributed by atoms with Crippen molar-refractivity contribution in [2.45, 2.75) is 57.0 Å². The van der Waals surface area contributed by atoms with E-state index in [0.717, 1.165) is 18.8 Å². The van der Waals surface area contributed by atoms with Gasteiger partial charge in [-0.15, -0.1) is 0 Å². The molecule has 1 saturated carbocycles. The Balaban J connectivity index is 1.98. The smallest absolute Gasteiger partial charge is 0.0521 e. The SMILES string of the molecule is CC1CCC(C(N)CCc2cnn(C)c2)(N(C)C)CC1. The van der Waals surface area contributed by atoms with Crippen molar-refractivity contribution in [3.8, 4) is 0 Å². The lowest BCUT2D eigenvalue weighted by Crippen LogP contribution is -2.59. The Kier molecular flexibility index (Phi) is 4.86. The van der Waals surface area contributed by atoms with Gasteiger partial charge in [0, 0.05) is 24.8 Å². The van der Waals surface area contributed by atoms with E-state index >= 15 is 0 Å². The molecule has 1 atom stereocenters. The summed E-state index contributed by atoms with van der Waals surface area (Å²) in [5.41, 5.74) is 8.10. The Labute approximate surface area is 123 Å². The van der Waals surface area contributed by atoms with Gasteiger partial charge in [0.25, 0.3) is 0 Å². The van der Waals surface area contributed by atoms with E-state index in [0.29, 0.717) is 0 Å². The third-order valence-corrected chi connectivity index (χ3v) is 5.22. The Bertz CT molecular complexity index is 416. The molecule has 0 saturated heterocycles. The number of nitrogens with zero attached hydrogens (tertiary/aromatic N) is 3. The minimum Gasteiger partial charge on any atom is -0.326 e. The highest BCUT2D eigenvalue weighted by Crippen LogP contribution is 2.38. The van der Waals surface area contributed by atoms with Gasteiger partial charge in [-0.2, -0.15) is 5.10 Å². The number of aryl methyl sites for hydroxylation is 2. The molecule has 1 aromatic rings. The fourth-order valence-electron chi connectivity index (χ4n) is 3.60. The quantitative estimate of drug-likeness (QED) is 0.898. The summed E-state index contributed by atoms with van der Waals surface area (Å²) in [6, 6.07) is 0.241. The third kappa shape index (κ3) is 3.23.